The molecule has 0 aliphatic carbocycles. The number of hydrogen-bond acceptors (Lipinski definition) is 5. The van der Waals surface area contributed by atoms with Crippen LogP contribution in [0.5, 0.6) is 0 Å². The molecule has 2 saturated heterocycles. The van der Waals surface area contributed by atoms with Gasteiger partial charge in [0.25, 0.3) is 0 Å². The molecule has 0 radical (unpaired) electrons. The third-order valence-corrected chi connectivity index (χ3v) is 6.29. The summed E-state index contributed by atoms with van der Waals surface area (Å²) in [6.07, 6.45) is 8.85. The Bertz CT molecular complexity index is 572. The molecule has 8 heteroatoms. The van der Waals surface area contributed by atoms with Gasteiger partial charge in [-0.2, -0.15) is 0 Å². The maximum absolute atomic E-state index is 12.2. The van der Waals surface area contributed by atoms with Crippen LogP contribution in [0.15, 0.2) is 18.7 Å². The molecule has 1 atom stereocenters. The average molecular weight is 343 g/mol. The van der Waals surface area contributed by atoms with Crippen LogP contribution >= 0.6 is 0 Å². The van der Waals surface area contributed by atoms with Gasteiger partial charge in [0, 0.05) is 38.7 Å². The largest absolute Gasteiger partial charge is 0.381 e. The maximum atomic E-state index is 12.2. The number of sulfonamides is 1. The van der Waals surface area contributed by atoms with Crippen LogP contribution in [0.1, 0.15) is 25.7 Å². The maximum Gasteiger partial charge on any atom is 0.214 e. The van der Waals surface area contributed by atoms with Crippen molar-refractivity contribution < 1.29 is 17.9 Å². The van der Waals surface area contributed by atoms with Crippen LogP contribution in [0.2, 0.25) is 0 Å². The second kappa shape index (κ2) is 7.29. The Labute approximate surface area is 137 Å². The number of rotatable bonds is 6. The number of aromatic nitrogens is 2. The van der Waals surface area contributed by atoms with Crippen LogP contribution in [-0.2, 0) is 26.0 Å². The molecule has 1 N–H and O–H groups in total. The van der Waals surface area contributed by atoms with Crippen molar-refractivity contribution in [1.29, 1.82) is 0 Å². The lowest BCUT2D eigenvalue weighted by molar-refractivity contribution is -0.0983. The molecule has 1 aromatic rings. The number of hydrogen-bond donors (Lipinski definition) is 1. The molecule has 0 amide bonds. The fourth-order valence-corrected chi connectivity index (χ4v) is 4.57. The summed E-state index contributed by atoms with van der Waals surface area (Å²) in [5, 5.41) is 0. The van der Waals surface area contributed by atoms with E-state index in [-0.39, 0.29) is 17.3 Å². The van der Waals surface area contributed by atoms with Gasteiger partial charge in [-0.25, -0.2) is 18.1 Å². The van der Waals surface area contributed by atoms with Crippen LogP contribution in [0.3, 0.4) is 0 Å². The highest BCUT2D eigenvalue weighted by Crippen LogP contribution is 2.39. The third kappa shape index (κ3) is 4.76. The lowest BCUT2D eigenvalue weighted by Gasteiger charge is -2.42. The normalized spacial score (nSPS) is 24.8. The van der Waals surface area contributed by atoms with Gasteiger partial charge in [-0.15, -0.1) is 0 Å². The van der Waals surface area contributed by atoms with E-state index in [1.54, 1.807) is 12.5 Å². The van der Waals surface area contributed by atoms with E-state index >= 15 is 0 Å². The van der Waals surface area contributed by atoms with Crippen LogP contribution in [-0.4, -0.2) is 56.2 Å². The summed E-state index contributed by atoms with van der Waals surface area (Å²) >= 11 is 0. The molecule has 1 spiro atoms. The van der Waals surface area contributed by atoms with Crippen molar-refractivity contribution in [2.45, 2.75) is 38.3 Å². The summed E-state index contributed by atoms with van der Waals surface area (Å²) in [4.78, 5) is 3.93. The number of ether oxygens (including phenoxy) is 2. The van der Waals surface area contributed by atoms with E-state index < -0.39 is 10.0 Å². The van der Waals surface area contributed by atoms with E-state index in [2.05, 4.69) is 9.71 Å². The molecule has 0 aromatic carbocycles. The predicted molar refractivity (Wildman–Crippen MR) is 85.5 cm³/mol. The molecule has 2 fully saturated rings. The van der Waals surface area contributed by atoms with Crippen molar-refractivity contribution in [3.8, 4) is 0 Å². The summed E-state index contributed by atoms with van der Waals surface area (Å²) in [6.45, 7) is 3.19. The first-order valence-electron chi connectivity index (χ1n) is 8.19. The van der Waals surface area contributed by atoms with E-state index in [1.807, 2.05) is 10.8 Å². The molecule has 3 heterocycles. The number of nitrogens with one attached hydrogen (secondary N) is 1. The van der Waals surface area contributed by atoms with Gasteiger partial charge >= 0.3 is 0 Å². The zero-order valence-electron chi connectivity index (χ0n) is 13.3. The Kier molecular flexibility index (Phi) is 5.35. The van der Waals surface area contributed by atoms with Gasteiger partial charge in [-0.1, -0.05) is 0 Å². The quantitative estimate of drug-likeness (QED) is 0.825. The minimum absolute atomic E-state index is 0.0451. The lowest BCUT2D eigenvalue weighted by Crippen LogP contribution is -2.43. The van der Waals surface area contributed by atoms with Crippen molar-refractivity contribution in [3.63, 3.8) is 0 Å². The van der Waals surface area contributed by atoms with Gasteiger partial charge in [0.15, 0.2) is 0 Å². The molecule has 2 aliphatic heterocycles. The topological polar surface area (TPSA) is 82.5 Å². The summed E-state index contributed by atoms with van der Waals surface area (Å²) in [6, 6.07) is 0. The van der Waals surface area contributed by atoms with Crippen LogP contribution < -0.4 is 4.72 Å². The zero-order chi connectivity index (χ0) is 16.2. The molecule has 1 aromatic heterocycles. The zero-order valence-corrected chi connectivity index (χ0v) is 14.1. The Balaban J connectivity index is 1.42. The molecule has 7 nitrogen and oxygen atoms in total. The molecule has 2 aliphatic rings. The fourth-order valence-electron chi connectivity index (χ4n) is 3.30. The fraction of sp³-hybridized carbons (Fsp3) is 0.800. The van der Waals surface area contributed by atoms with Crippen molar-refractivity contribution in [2.75, 3.05) is 32.1 Å². The Morgan fingerprint density at radius 2 is 2.13 bits per heavy atom. The van der Waals surface area contributed by atoms with Crippen molar-refractivity contribution in [1.82, 2.24) is 14.3 Å². The van der Waals surface area contributed by atoms with Gasteiger partial charge in [0.05, 0.1) is 24.8 Å². The van der Waals surface area contributed by atoms with Gasteiger partial charge in [-0.3, -0.25) is 0 Å². The van der Waals surface area contributed by atoms with E-state index in [9.17, 15) is 8.42 Å². The monoisotopic (exact) mass is 343 g/mol. The molecule has 0 bridgehead atoms. The van der Waals surface area contributed by atoms with Crippen LogP contribution in [0.4, 0.5) is 0 Å². The third-order valence-electron chi connectivity index (χ3n) is 4.83. The standard InChI is InChI=1S/C15H25N3O4S/c19-23(20,17-6-8-18-7-5-16-13-18)11-14-1-2-15(12-22-14)3-9-21-10-4-15/h5,7,13-14,17H,1-4,6,8-12H2. The first-order chi connectivity index (χ1) is 11.1. The smallest absolute Gasteiger partial charge is 0.214 e. The summed E-state index contributed by atoms with van der Waals surface area (Å²) in [5.41, 5.74) is 0.216. The number of imidazole rings is 1. The summed E-state index contributed by atoms with van der Waals surface area (Å²) in [7, 11) is -3.31. The van der Waals surface area contributed by atoms with E-state index in [4.69, 9.17) is 9.47 Å². The first kappa shape index (κ1) is 16.9. The predicted octanol–water partition coefficient (Wildman–Crippen LogP) is 0.778. The Morgan fingerprint density at radius 1 is 1.30 bits per heavy atom. The highest BCUT2D eigenvalue weighted by Gasteiger charge is 2.38. The van der Waals surface area contributed by atoms with Crippen molar-refractivity contribution >= 4 is 10.0 Å². The van der Waals surface area contributed by atoms with Crippen LogP contribution in [0, 0.1) is 5.41 Å². The lowest BCUT2D eigenvalue weighted by atomic mass is 9.75. The van der Waals surface area contributed by atoms with Crippen LogP contribution in [0.25, 0.3) is 0 Å². The molecule has 130 valence electrons. The second-order valence-electron chi connectivity index (χ2n) is 6.56. The van der Waals surface area contributed by atoms with Crippen molar-refractivity contribution in [2.24, 2.45) is 5.41 Å². The minimum atomic E-state index is -3.31. The molecule has 0 saturated carbocycles. The van der Waals surface area contributed by atoms with E-state index in [1.165, 1.54) is 0 Å². The van der Waals surface area contributed by atoms with Crippen molar-refractivity contribution in [3.05, 3.63) is 18.7 Å². The molecule has 23 heavy (non-hydrogen) atoms. The van der Waals surface area contributed by atoms with Gasteiger partial charge in [-0.05, 0) is 31.1 Å². The average Bonchev–Trinajstić information content (AvgIpc) is 3.04. The molecule has 1 unspecified atom stereocenters. The number of nitrogens with zero attached hydrogens (tertiary/aromatic N) is 2. The summed E-state index contributed by atoms with van der Waals surface area (Å²) in [5.74, 6) is 0.0451. The summed E-state index contributed by atoms with van der Waals surface area (Å²) < 4.78 is 40.1. The van der Waals surface area contributed by atoms with Gasteiger partial charge in [0.1, 0.15) is 0 Å². The Morgan fingerprint density at radius 3 is 2.78 bits per heavy atom. The first-order valence-corrected chi connectivity index (χ1v) is 9.85. The molecule has 3 rings (SSSR count). The highest BCUT2D eigenvalue weighted by atomic mass is 32.2. The van der Waals surface area contributed by atoms with Gasteiger partial charge in [0.2, 0.25) is 10.0 Å². The minimum Gasteiger partial charge on any atom is -0.381 e. The second-order valence-corrected chi connectivity index (χ2v) is 8.41. The van der Waals surface area contributed by atoms with Gasteiger partial charge < -0.3 is 14.0 Å². The highest BCUT2D eigenvalue weighted by molar-refractivity contribution is 7.89. The molecular weight excluding hydrogens is 318 g/mol. The SMILES string of the molecule is O=S(=O)(CC1CCC2(CCOCC2)CO1)NCCn1ccnc1. The van der Waals surface area contributed by atoms with E-state index in [0.717, 1.165) is 38.9 Å². The van der Waals surface area contributed by atoms with E-state index in [0.29, 0.717) is 19.7 Å². The molecular formula is C15H25N3O4S. The Hall–Kier alpha value is -0.960.